The van der Waals surface area contributed by atoms with Crippen molar-refractivity contribution in [2.24, 2.45) is 4.99 Å². The molecule has 0 bridgehead atoms. The molecule has 0 unspecified atom stereocenters. The Kier molecular flexibility index (Phi) is 10.4. The molecule has 228 valence electrons. The highest BCUT2D eigenvalue weighted by Gasteiger charge is 2.27. The molecule has 1 atom stereocenters. The van der Waals surface area contributed by atoms with Crippen molar-refractivity contribution >= 4 is 11.7 Å². The smallest absolute Gasteiger partial charge is 0.331 e. The van der Waals surface area contributed by atoms with Crippen molar-refractivity contribution in [3.63, 3.8) is 0 Å². The summed E-state index contributed by atoms with van der Waals surface area (Å²) in [6.07, 6.45) is 0.318. The van der Waals surface area contributed by atoms with Crippen molar-refractivity contribution in [3.8, 4) is 11.5 Å². The summed E-state index contributed by atoms with van der Waals surface area (Å²) >= 11 is 0. The van der Waals surface area contributed by atoms with Gasteiger partial charge in [-0.2, -0.15) is 0 Å². The first-order valence-corrected chi connectivity index (χ1v) is 15.2. The summed E-state index contributed by atoms with van der Waals surface area (Å²) in [5.41, 5.74) is 4.90. The van der Waals surface area contributed by atoms with Gasteiger partial charge in [-0.1, -0.05) is 127 Å². The third-order valence-corrected chi connectivity index (χ3v) is 6.97. The van der Waals surface area contributed by atoms with Crippen molar-refractivity contribution in [3.05, 3.63) is 167 Å². The van der Waals surface area contributed by atoms with Crippen LogP contribution in [-0.2, 0) is 29.2 Å². The van der Waals surface area contributed by atoms with E-state index in [4.69, 9.17) is 19.2 Å². The number of carbonyl (C=O) groups is 1. The van der Waals surface area contributed by atoms with Crippen molar-refractivity contribution in [2.75, 3.05) is 0 Å². The average Bonchev–Trinajstić information content (AvgIpc) is 3.06. The van der Waals surface area contributed by atoms with Gasteiger partial charge in [-0.05, 0) is 49.6 Å². The third kappa shape index (κ3) is 9.41. The Morgan fingerprint density at radius 1 is 0.600 bits per heavy atom. The van der Waals surface area contributed by atoms with Crippen LogP contribution in [0.2, 0.25) is 0 Å². The van der Waals surface area contributed by atoms with Gasteiger partial charge in [0.15, 0.2) is 17.5 Å². The first kappa shape index (κ1) is 31.3. The highest BCUT2D eigenvalue weighted by molar-refractivity contribution is 6.13. The van der Waals surface area contributed by atoms with Crippen LogP contribution < -0.4 is 9.47 Å². The molecule has 0 aliphatic rings. The van der Waals surface area contributed by atoms with E-state index in [9.17, 15) is 4.79 Å². The number of rotatable bonds is 12. The molecule has 5 heteroatoms. The number of benzene rings is 5. The SMILES string of the molecule is CC(C)(C)OC(=O)[C@H](Cc1ccc(OCc2ccccc2)c(OCc2ccccc2)c1)N=C(c1ccccc1)c1ccccc1. The summed E-state index contributed by atoms with van der Waals surface area (Å²) in [6, 6.07) is 44.9. The average molecular weight is 598 g/mol. The van der Waals surface area contributed by atoms with Gasteiger partial charge in [-0.25, -0.2) is 4.79 Å². The van der Waals surface area contributed by atoms with Gasteiger partial charge in [0.2, 0.25) is 0 Å². The molecule has 5 nitrogen and oxygen atoms in total. The van der Waals surface area contributed by atoms with Gasteiger partial charge in [0, 0.05) is 17.5 Å². The van der Waals surface area contributed by atoms with Gasteiger partial charge in [-0.15, -0.1) is 0 Å². The van der Waals surface area contributed by atoms with Crippen LogP contribution >= 0.6 is 0 Å². The molecule has 0 aromatic heterocycles. The van der Waals surface area contributed by atoms with Gasteiger partial charge >= 0.3 is 5.97 Å². The molecule has 0 saturated carbocycles. The van der Waals surface area contributed by atoms with E-state index in [0.717, 1.165) is 33.5 Å². The van der Waals surface area contributed by atoms with Gasteiger partial charge in [0.05, 0.1) is 5.71 Å². The lowest BCUT2D eigenvalue weighted by Crippen LogP contribution is -2.33. The molecule has 0 radical (unpaired) electrons. The standard InChI is InChI=1S/C40H39NO4/c1-40(2,3)45-39(42)35(41-38(33-20-12-6-13-21-33)34-22-14-7-15-23-34)26-32-24-25-36(43-28-30-16-8-4-9-17-30)37(27-32)44-29-31-18-10-5-11-19-31/h4-25,27,35H,26,28-29H2,1-3H3/t35-/m0/s1. The number of hydrogen-bond acceptors (Lipinski definition) is 5. The topological polar surface area (TPSA) is 57.1 Å². The Bertz CT molecular complexity index is 1640. The summed E-state index contributed by atoms with van der Waals surface area (Å²) in [5.74, 6) is 0.846. The maximum Gasteiger partial charge on any atom is 0.331 e. The zero-order chi connectivity index (χ0) is 31.5. The molecule has 0 amide bonds. The fourth-order valence-electron chi connectivity index (χ4n) is 4.82. The minimum atomic E-state index is -0.794. The molecular weight excluding hydrogens is 558 g/mol. The molecule has 0 spiro atoms. The fraction of sp³-hybridized carbons (Fsp3) is 0.200. The van der Waals surface area contributed by atoms with Crippen molar-refractivity contribution in [1.29, 1.82) is 0 Å². The number of hydrogen-bond donors (Lipinski definition) is 0. The first-order valence-electron chi connectivity index (χ1n) is 15.2. The quantitative estimate of drug-likeness (QED) is 0.107. The molecule has 0 heterocycles. The number of ether oxygens (including phenoxy) is 3. The van der Waals surface area contributed by atoms with Gasteiger partial charge in [-0.3, -0.25) is 4.99 Å². The lowest BCUT2D eigenvalue weighted by Gasteiger charge is -2.23. The number of aliphatic imine (C=N–C) groups is 1. The predicted octanol–water partition coefficient (Wildman–Crippen LogP) is 8.64. The summed E-state index contributed by atoms with van der Waals surface area (Å²) in [6.45, 7) is 6.40. The molecule has 0 fully saturated rings. The normalized spacial score (nSPS) is 11.7. The van der Waals surface area contributed by atoms with Crippen LogP contribution in [0.15, 0.2) is 145 Å². The summed E-state index contributed by atoms with van der Waals surface area (Å²) in [7, 11) is 0. The monoisotopic (exact) mass is 597 g/mol. The van der Waals surface area contributed by atoms with Crippen molar-refractivity contribution < 1.29 is 19.0 Å². The second kappa shape index (κ2) is 15.0. The van der Waals surface area contributed by atoms with Crippen LogP contribution in [0.25, 0.3) is 0 Å². The van der Waals surface area contributed by atoms with Crippen LogP contribution in [0.4, 0.5) is 0 Å². The molecule has 5 aromatic carbocycles. The molecule has 5 rings (SSSR count). The second-order valence-corrected chi connectivity index (χ2v) is 11.8. The van der Waals surface area contributed by atoms with E-state index in [-0.39, 0.29) is 5.97 Å². The van der Waals surface area contributed by atoms with Gasteiger partial charge < -0.3 is 14.2 Å². The maximum absolute atomic E-state index is 13.7. The number of esters is 1. The van der Waals surface area contributed by atoms with Gasteiger partial charge in [0.25, 0.3) is 0 Å². The molecule has 0 aliphatic carbocycles. The van der Waals surface area contributed by atoms with E-state index >= 15 is 0 Å². The van der Waals surface area contributed by atoms with Crippen molar-refractivity contribution in [1.82, 2.24) is 0 Å². The molecular formula is C40H39NO4. The van der Waals surface area contributed by atoms with E-state index < -0.39 is 11.6 Å². The Morgan fingerprint density at radius 2 is 1.07 bits per heavy atom. The summed E-state index contributed by atoms with van der Waals surface area (Å²) in [5, 5.41) is 0. The van der Waals surface area contributed by atoms with Crippen LogP contribution in [0, 0.1) is 0 Å². The number of nitrogens with zero attached hydrogens (tertiary/aromatic N) is 1. The maximum atomic E-state index is 13.7. The lowest BCUT2D eigenvalue weighted by atomic mass is 10.0. The van der Waals surface area contributed by atoms with Crippen LogP contribution in [0.1, 0.15) is 48.6 Å². The van der Waals surface area contributed by atoms with E-state index in [1.54, 1.807) is 0 Å². The van der Waals surface area contributed by atoms with Crippen LogP contribution in [-0.4, -0.2) is 23.3 Å². The molecule has 0 N–H and O–H groups in total. The summed E-state index contributed by atoms with van der Waals surface area (Å²) < 4.78 is 18.4. The Morgan fingerprint density at radius 3 is 1.56 bits per heavy atom. The summed E-state index contributed by atoms with van der Waals surface area (Å²) in [4.78, 5) is 18.8. The Balaban J connectivity index is 1.49. The molecule has 0 aliphatic heterocycles. The number of carbonyl (C=O) groups excluding carboxylic acids is 1. The van der Waals surface area contributed by atoms with Crippen molar-refractivity contribution in [2.45, 2.75) is 52.0 Å². The van der Waals surface area contributed by atoms with E-state index in [2.05, 4.69) is 0 Å². The van der Waals surface area contributed by atoms with E-state index in [1.165, 1.54) is 0 Å². The van der Waals surface area contributed by atoms with E-state index in [0.29, 0.717) is 31.1 Å². The van der Waals surface area contributed by atoms with Gasteiger partial charge in [0.1, 0.15) is 18.8 Å². The highest BCUT2D eigenvalue weighted by atomic mass is 16.6. The second-order valence-electron chi connectivity index (χ2n) is 11.8. The largest absolute Gasteiger partial charge is 0.485 e. The molecule has 0 saturated heterocycles. The predicted molar refractivity (Wildman–Crippen MR) is 180 cm³/mol. The first-order chi connectivity index (χ1) is 21.8. The Hall–Kier alpha value is -5.16. The Labute approximate surface area is 266 Å². The molecule has 45 heavy (non-hydrogen) atoms. The molecule has 5 aromatic rings. The minimum absolute atomic E-state index is 0.318. The fourth-order valence-corrected chi connectivity index (χ4v) is 4.82. The van der Waals surface area contributed by atoms with E-state index in [1.807, 2.05) is 160 Å². The van der Waals surface area contributed by atoms with Crippen LogP contribution in [0.5, 0.6) is 11.5 Å². The minimum Gasteiger partial charge on any atom is -0.485 e. The third-order valence-electron chi connectivity index (χ3n) is 6.97. The zero-order valence-electron chi connectivity index (χ0n) is 26.1. The lowest BCUT2D eigenvalue weighted by molar-refractivity contribution is -0.156. The zero-order valence-corrected chi connectivity index (χ0v) is 26.1. The highest BCUT2D eigenvalue weighted by Crippen LogP contribution is 2.31. The van der Waals surface area contributed by atoms with Crippen LogP contribution in [0.3, 0.4) is 0 Å².